The SMILES string of the molecule is CCC[C@@H]1CCCN1C(=O)[C@@]1(C)CCCC[C@@H]1C. The summed E-state index contributed by atoms with van der Waals surface area (Å²) < 4.78 is 0. The lowest BCUT2D eigenvalue weighted by molar-refractivity contribution is -0.147. The molecule has 2 rings (SSSR count). The molecule has 2 fully saturated rings. The van der Waals surface area contributed by atoms with Gasteiger partial charge >= 0.3 is 0 Å². The Labute approximate surface area is 112 Å². The van der Waals surface area contributed by atoms with Gasteiger partial charge in [-0.25, -0.2) is 0 Å². The molecule has 0 bridgehead atoms. The minimum Gasteiger partial charge on any atom is -0.339 e. The van der Waals surface area contributed by atoms with E-state index in [1.165, 1.54) is 44.9 Å². The summed E-state index contributed by atoms with van der Waals surface area (Å²) in [7, 11) is 0. The van der Waals surface area contributed by atoms with Gasteiger partial charge in [0.15, 0.2) is 0 Å². The first kappa shape index (κ1) is 13.9. The van der Waals surface area contributed by atoms with Gasteiger partial charge in [-0.3, -0.25) is 4.79 Å². The fraction of sp³-hybridized carbons (Fsp3) is 0.938. The Hall–Kier alpha value is -0.530. The van der Waals surface area contributed by atoms with E-state index in [4.69, 9.17) is 0 Å². The van der Waals surface area contributed by atoms with Crippen LogP contribution in [0, 0.1) is 11.3 Å². The number of hydrogen-bond acceptors (Lipinski definition) is 1. The Morgan fingerprint density at radius 3 is 2.72 bits per heavy atom. The van der Waals surface area contributed by atoms with Crippen molar-refractivity contribution in [1.82, 2.24) is 4.90 Å². The monoisotopic (exact) mass is 251 g/mol. The summed E-state index contributed by atoms with van der Waals surface area (Å²) in [6, 6.07) is 0.536. The lowest BCUT2D eigenvalue weighted by Crippen LogP contribution is -2.48. The lowest BCUT2D eigenvalue weighted by atomic mass is 9.67. The third kappa shape index (κ3) is 2.44. The van der Waals surface area contributed by atoms with Crippen LogP contribution in [0.4, 0.5) is 0 Å². The molecule has 1 saturated carbocycles. The highest BCUT2D eigenvalue weighted by Crippen LogP contribution is 2.43. The highest BCUT2D eigenvalue weighted by Gasteiger charge is 2.44. The van der Waals surface area contributed by atoms with E-state index < -0.39 is 0 Å². The molecule has 2 heteroatoms. The number of carbonyl (C=O) groups excluding carboxylic acids is 1. The van der Waals surface area contributed by atoms with Gasteiger partial charge in [-0.05, 0) is 38.0 Å². The van der Waals surface area contributed by atoms with Crippen molar-refractivity contribution >= 4 is 5.91 Å². The summed E-state index contributed by atoms with van der Waals surface area (Å²) >= 11 is 0. The van der Waals surface area contributed by atoms with E-state index in [1.807, 2.05) is 0 Å². The topological polar surface area (TPSA) is 20.3 Å². The number of amides is 1. The number of rotatable bonds is 3. The van der Waals surface area contributed by atoms with Crippen molar-refractivity contribution in [3.63, 3.8) is 0 Å². The maximum atomic E-state index is 12.9. The third-order valence-corrected chi connectivity index (χ3v) is 5.42. The quantitative estimate of drug-likeness (QED) is 0.742. The smallest absolute Gasteiger partial charge is 0.229 e. The highest BCUT2D eigenvalue weighted by molar-refractivity contribution is 5.83. The Morgan fingerprint density at radius 2 is 2.06 bits per heavy atom. The number of likely N-dealkylation sites (tertiary alicyclic amines) is 1. The van der Waals surface area contributed by atoms with Crippen LogP contribution in [-0.2, 0) is 4.79 Å². The number of nitrogens with zero attached hydrogens (tertiary/aromatic N) is 1. The van der Waals surface area contributed by atoms with Gasteiger partial charge < -0.3 is 4.90 Å². The van der Waals surface area contributed by atoms with Crippen molar-refractivity contribution in [2.75, 3.05) is 6.54 Å². The van der Waals surface area contributed by atoms with Gasteiger partial charge in [0, 0.05) is 18.0 Å². The maximum absolute atomic E-state index is 12.9. The molecule has 0 aromatic carbocycles. The van der Waals surface area contributed by atoms with Gasteiger partial charge in [-0.15, -0.1) is 0 Å². The number of carbonyl (C=O) groups is 1. The molecule has 0 aromatic rings. The van der Waals surface area contributed by atoms with Crippen molar-refractivity contribution in [2.45, 2.75) is 78.2 Å². The van der Waals surface area contributed by atoms with Gasteiger partial charge in [-0.1, -0.05) is 40.0 Å². The summed E-state index contributed by atoms with van der Waals surface area (Å²) in [5.74, 6) is 1.02. The van der Waals surface area contributed by atoms with Crippen LogP contribution in [0.3, 0.4) is 0 Å². The van der Waals surface area contributed by atoms with Gasteiger partial charge in [0.05, 0.1) is 0 Å². The second-order valence-electron chi connectivity index (χ2n) is 6.65. The fourth-order valence-corrected chi connectivity index (χ4v) is 3.89. The second-order valence-corrected chi connectivity index (χ2v) is 6.65. The van der Waals surface area contributed by atoms with Crippen LogP contribution in [0.2, 0.25) is 0 Å². The molecule has 0 N–H and O–H groups in total. The van der Waals surface area contributed by atoms with E-state index in [9.17, 15) is 4.79 Å². The first-order valence-electron chi connectivity index (χ1n) is 7.90. The Bertz CT molecular complexity index is 301. The first-order chi connectivity index (χ1) is 8.59. The largest absolute Gasteiger partial charge is 0.339 e. The lowest BCUT2D eigenvalue weighted by Gasteiger charge is -2.42. The molecule has 1 aliphatic heterocycles. The average Bonchev–Trinajstić information content (AvgIpc) is 2.81. The summed E-state index contributed by atoms with van der Waals surface area (Å²) in [5.41, 5.74) is -0.0748. The summed E-state index contributed by atoms with van der Waals surface area (Å²) in [5, 5.41) is 0. The van der Waals surface area contributed by atoms with E-state index in [0.717, 1.165) is 13.0 Å². The fourth-order valence-electron chi connectivity index (χ4n) is 3.89. The van der Waals surface area contributed by atoms with Crippen LogP contribution in [0.15, 0.2) is 0 Å². The van der Waals surface area contributed by atoms with Crippen molar-refractivity contribution in [1.29, 1.82) is 0 Å². The molecule has 0 spiro atoms. The van der Waals surface area contributed by atoms with Crippen molar-refractivity contribution in [3.05, 3.63) is 0 Å². The molecule has 3 atom stereocenters. The van der Waals surface area contributed by atoms with E-state index in [2.05, 4.69) is 25.7 Å². The molecular formula is C16H29NO. The zero-order valence-corrected chi connectivity index (χ0v) is 12.4. The van der Waals surface area contributed by atoms with Gasteiger partial charge in [0.2, 0.25) is 5.91 Å². The highest BCUT2D eigenvalue weighted by atomic mass is 16.2. The minimum absolute atomic E-state index is 0.0748. The van der Waals surface area contributed by atoms with Crippen LogP contribution >= 0.6 is 0 Å². The molecule has 1 aliphatic carbocycles. The Kier molecular flexibility index (Phi) is 4.34. The molecule has 2 nitrogen and oxygen atoms in total. The van der Waals surface area contributed by atoms with Crippen molar-refractivity contribution in [3.8, 4) is 0 Å². The van der Waals surface area contributed by atoms with Crippen LogP contribution in [0.5, 0.6) is 0 Å². The molecule has 1 saturated heterocycles. The van der Waals surface area contributed by atoms with Gasteiger partial charge in [0.25, 0.3) is 0 Å². The summed E-state index contributed by atoms with van der Waals surface area (Å²) in [4.78, 5) is 15.2. The molecule has 0 unspecified atom stereocenters. The van der Waals surface area contributed by atoms with Crippen LogP contribution in [-0.4, -0.2) is 23.4 Å². The maximum Gasteiger partial charge on any atom is 0.229 e. The predicted molar refractivity (Wildman–Crippen MR) is 75.4 cm³/mol. The standard InChI is InChI=1S/C16H29NO/c1-4-8-14-10-7-12-17(14)15(18)16(3)11-6-5-9-13(16)2/h13-14H,4-12H2,1-3H3/t13-,14+,16-/m0/s1. The van der Waals surface area contributed by atoms with Crippen molar-refractivity contribution in [2.24, 2.45) is 11.3 Å². The number of hydrogen-bond donors (Lipinski definition) is 0. The second kappa shape index (κ2) is 5.63. The van der Waals surface area contributed by atoms with Crippen LogP contribution < -0.4 is 0 Å². The zero-order valence-electron chi connectivity index (χ0n) is 12.4. The van der Waals surface area contributed by atoms with Crippen LogP contribution in [0.1, 0.15) is 72.1 Å². The van der Waals surface area contributed by atoms with Crippen molar-refractivity contribution < 1.29 is 4.79 Å². The molecule has 2 aliphatic rings. The Balaban J connectivity index is 2.09. The van der Waals surface area contributed by atoms with E-state index in [1.54, 1.807) is 0 Å². The van der Waals surface area contributed by atoms with Gasteiger partial charge in [0.1, 0.15) is 0 Å². The normalized spacial score (nSPS) is 36.9. The molecular weight excluding hydrogens is 222 g/mol. The molecule has 0 aromatic heterocycles. The molecule has 104 valence electrons. The predicted octanol–water partition coefficient (Wildman–Crippen LogP) is 3.99. The molecule has 0 radical (unpaired) electrons. The molecule has 18 heavy (non-hydrogen) atoms. The average molecular weight is 251 g/mol. The summed E-state index contributed by atoms with van der Waals surface area (Å²) in [6.07, 6.45) is 9.69. The molecule has 1 heterocycles. The van der Waals surface area contributed by atoms with E-state index >= 15 is 0 Å². The first-order valence-corrected chi connectivity index (χ1v) is 7.90. The third-order valence-electron chi connectivity index (χ3n) is 5.42. The zero-order chi connectivity index (χ0) is 13.2. The van der Waals surface area contributed by atoms with Crippen LogP contribution in [0.25, 0.3) is 0 Å². The Morgan fingerprint density at radius 1 is 1.28 bits per heavy atom. The van der Waals surface area contributed by atoms with E-state index in [0.29, 0.717) is 17.9 Å². The summed E-state index contributed by atoms with van der Waals surface area (Å²) in [6.45, 7) is 7.74. The van der Waals surface area contributed by atoms with E-state index in [-0.39, 0.29) is 5.41 Å². The van der Waals surface area contributed by atoms with Gasteiger partial charge in [-0.2, -0.15) is 0 Å². The molecule has 1 amide bonds. The minimum atomic E-state index is -0.0748.